The van der Waals surface area contributed by atoms with E-state index >= 15 is 0 Å². The van der Waals surface area contributed by atoms with Gasteiger partial charge in [-0.05, 0) is 74.7 Å². The van der Waals surface area contributed by atoms with Gasteiger partial charge in [0.25, 0.3) is 0 Å². The first-order valence-electron chi connectivity index (χ1n) is 12.8. The van der Waals surface area contributed by atoms with E-state index in [0.29, 0.717) is 11.8 Å². The molecule has 1 fully saturated rings. The Kier molecular flexibility index (Phi) is 10.9. The van der Waals surface area contributed by atoms with Gasteiger partial charge in [0.05, 0.1) is 14.5 Å². The second-order valence-corrected chi connectivity index (χ2v) is 16.2. The molecule has 0 unspecified atom stereocenters. The lowest BCUT2D eigenvalue weighted by Gasteiger charge is -2.38. The first-order chi connectivity index (χ1) is 15.5. The number of hydrazone groups is 1. The minimum Gasteiger partial charge on any atom is -0.481 e. The summed E-state index contributed by atoms with van der Waals surface area (Å²) in [5, 5.41) is 16.3. The average molecular weight is 471 g/mol. The van der Waals surface area contributed by atoms with Crippen LogP contribution in [0, 0.1) is 17.8 Å². The Balaban J connectivity index is 2.05. The Bertz CT molecular complexity index is 796. The Morgan fingerprint density at radius 2 is 1.82 bits per heavy atom. The van der Waals surface area contributed by atoms with Gasteiger partial charge in [-0.25, -0.2) is 0 Å². The number of unbranched alkanes of at least 4 members (excludes halogenated alkanes) is 1. The van der Waals surface area contributed by atoms with Crippen LogP contribution in [-0.2, 0) is 11.2 Å². The number of carboxylic acid groups (broad SMARTS) is 1. The van der Waals surface area contributed by atoms with Gasteiger partial charge in [-0.2, -0.15) is 5.10 Å². The van der Waals surface area contributed by atoms with E-state index in [2.05, 4.69) is 62.6 Å². The van der Waals surface area contributed by atoms with E-state index in [1.165, 1.54) is 23.3 Å². The fourth-order valence-electron chi connectivity index (χ4n) is 5.20. The standard InChI is InChI=1S/C28H46N2O2Si/c1-22-16-17-24(20-28(31)32)27(21-33(4,5)6)26(22)19-18-25(29-30(2)3)15-11-10-14-23-12-8-7-9-13-23/h7-9,12-13,21-22,24,26H,10-11,14-20H2,1-6H3,(H,31,32)/b27-21-,29-25+/t22-,24+,26+/m1/s1. The minimum absolute atomic E-state index is 0.204. The third-order valence-electron chi connectivity index (χ3n) is 6.69. The molecule has 0 heterocycles. The number of carboxylic acids is 1. The molecule has 2 rings (SSSR count). The van der Waals surface area contributed by atoms with E-state index in [1.54, 1.807) is 0 Å². The van der Waals surface area contributed by atoms with Crippen LogP contribution < -0.4 is 0 Å². The number of aliphatic carboxylic acids is 1. The monoisotopic (exact) mass is 470 g/mol. The van der Waals surface area contributed by atoms with Crippen molar-refractivity contribution in [3.05, 3.63) is 47.2 Å². The SMILES string of the molecule is C[C@@H]1CC[C@@H](CC(=O)O)/C(=C/[Si](C)(C)C)[C@H]1CC/C(CCCCc1ccccc1)=N/N(C)C. The molecular weight excluding hydrogens is 424 g/mol. The Labute approximate surface area is 203 Å². The number of aryl methyl sites for hydroxylation is 1. The van der Waals surface area contributed by atoms with Gasteiger partial charge in [0.1, 0.15) is 0 Å². The summed E-state index contributed by atoms with van der Waals surface area (Å²) in [6, 6.07) is 10.7. The van der Waals surface area contributed by atoms with Crippen LogP contribution in [0.2, 0.25) is 19.6 Å². The molecule has 5 heteroatoms. The number of benzene rings is 1. The zero-order valence-electron chi connectivity index (χ0n) is 21.8. The minimum atomic E-state index is -1.44. The molecule has 1 saturated carbocycles. The van der Waals surface area contributed by atoms with E-state index in [9.17, 15) is 9.90 Å². The first-order valence-corrected chi connectivity index (χ1v) is 16.3. The molecule has 0 amide bonds. The Morgan fingerprint density at radius 3 is 2.42 bits per heavy atom. The molecule has 1 aliphatic rings. The quantitative estimate of drug-likeness (QED) is 0.154. The molecule has 1 aromatic rings. The summed E-state index contributed by atoms with van der Waals surface area (Å²) < 4.78 is 0. The largest absolute Gasteiger partial charge is 0.481 e. The summed E-state index contributed by atoms with van der Waals surface area (Å²) in [6.07, 6.45) is 8.99. The van der Waals surface area contributed by atoms with Gasteiger partial charge >= 0.3 is 5.97 Å². The molecule has 33 heavy (non-hydrogen) atoms. The van der Waals surface area contributed by atoms with Crippen molar-refractivity contribution in [2.24, 2.45) is 22.9 Å². The highest BCUT2D eigenvalue weighted by Crippen LogP contribution is 2.43. The van der Waals surface area contributed by atoms with E-state index in [4.69, 9.17) is 5.10 Å². The molecule has 1 aromatic carbocycles. The van der Waals surface area contributed by atoms with Crippen molar-refractivity contribution in [3.8, 4) is 0 Å². The van der Waals surface area contributed by atoms with Crippen molar-refractivity contribution in [3.63, 3.8) is 0 Å². The van der Waals surface area contributed by atoms with Gasteiger partial charge in [-0.3, -0.25) is 4.79 Å². The number of nitrogens with zero attached hydrogens (tertiary/aromatic N) is 2. The predicted molar refractivity (Wildman–Crippen MR) is 143 cm³/mol. The molecule has 0 spiro atoms. The zero-order chi connectivity index (χ0) is 24.4. The maximum Gasteiger partial charge on any atom is 0.303 e. The summed E-state index contributed by atoms with van der Waals surface area (Å²) >= 11 is 0. The molecule has 1 N–H and O–H groups in total. The average Bonchev–Trinajstić information content (AvgIpc) is 2.71. The number of rotatable bonds is 12. The first kappa shape index (κ1) is 27.4. The molecule has 1 aliphatic carbocycles. The van der Waals surface area contributed by atoms with Gasteiger partial charge in [0.15, 0.2) is 0 Å². The topological polar surface area (TPSA) is 52.9 Å². The predicted octanol–water partition coefficient (Wildman–Crippen LogP) is 7.04. The lowest BCUT2D eigenvalue weighted by molar-refractivity contribution is -0.138. The fourth-order valence-corrected chi connectivity index (χ4v) is 6.65. The van der Waals surface area contributed by atoms with Gasteiger partial charge in [0, 0.05) is 19.8 Å². The van der Waals surface area contributed by atoms with E-state index in [1.807, 2.05) is 19.1 Å². The van der Waals surface area contributed by atoms with Gasteiger partial charge < -0.3 is 10.1 Å². The van der Waals surface area contributed by atoms with Gasteiger partial charge in [0.2, 0.25) is 0 Å². The second-order valence-electron chi connectivity index (χ2n) is 11.2. The molecule has 184 valence electrons. The van der Waals surface area contributed by atoms with Crippen LogP contribution in [0.1, 0.15) is 63.9 Å². The van der Waals surface area contributed by atoms with Crippen molar-refractivity contribution in [2.75, 3.05) is 14.1 Å². The maximum atomic E-state index is 11.6. The number of carbonyl (C=O) groups is 1. The number of hydrogen-bond donors (Lipinski definition) is 1. The van der Waals surface area contributed by atoms with E-state index in [-0.39, 0.29) is 12.3 Å². The van der Waals surface area contributed by atoms with Crippen LogP contribution in [-0.4, -0.2) is 44.0 Å². The Hall–Kier alpha value is -1.88. The number of allylic oxidation sites excluding steroid dienone is 1. The van der Waals surface area contributed by atoms with Crippen LogP contribution in [0.15, 0.2) is 46.7 Å². The smallest absolute Gasteiger partial charge is 0.303 e. The second kappa shape index (κ2) is 13.1. The molecule has 0 bridgehead atoms. The fraction of sp³-hybridized carbons (Fsp3) is 0.643. The van der Waals surface area contributed by atoms with Gasteiger partial charge in [-0.15, -0.1) is 0 Å². The third-order valence-corrected chi connectivity index (χ3v) is 7.89. The molecular formula is C28H46N2O2Si. The molecule has 4 nitrogen and oxygen atoms in total. The molecule has 3 atom stereocenters. The van der Waals surface area contributed by atoms with Crippen LogP contribution in [0.4, 0.5) is 0 Å². The Morgan fingerprint density at radius 1 is 1.12 bits per heavy atom. The summed E-state index contributed by atoms with van der Waals surface area (Å²) in [5.41, 5.74) is 6.66. The normalized spacial score (nSPS) is 23.0. The van der Waals surface area contributed by atoms with Crippen molar-refractivity contribution in [2.45, 2.75) is 84.4 Å². The van der Waals surface area contributed by atoms with Crippen molar-refractivity contribution in [1.29, 1.82) is 0 Å². The highest BCUT2D eigenvalue weighted by atomic mass is 28.3. The zero-order valence-corrected chi connectivity index (χ0v) is 22.8. The lowest BCUT2D eigenvalue weighted by atomic mass is 9.69. The van der Waals surface area contributed by atoms with Crippen molar-refractivity contribution < 1.29 is 9.90 Å². The van der Waals surface area contributed by atoms with E-state index < -0.39 is 14.0 Å². The van der Waals surface area contributed by atoms with Gasteiger partial charge in [-0.1, -0.05) is 68.2 Å². The third kappa shape index (κ3) is 10.3. The summed E-state index contributed by atoms with van der Waals surface area (Å²) in [4.78, 5) is 11.6. The van der Waals surface area contributed by atoms with Crippen LogP contribution in [0.25, 0.3) is 0 Å². The summed E-state index contributed by atoms with van der Waals surface area (Å²) in [7, 11) is 2.57. The number of hydrogen-bond acceptors (Lipinski definition) is 3. The summed E-state index contributed by atoms with van der Waals surface area (Å²) in [5.74, 6) is 0.626. The van der Waals surface area contributed by atoms with Crippen molar-refractivity contribution in [1.82, 2.24) is 5.01 Å². The van der Waals surface area contributed by atoms with Crippen LogP contribution >= 0.6 is 0 Å². The molecule has 0 radical (unpaired) electrons. The highest BCUT2D eigenvalue weighted by Gasteiger charge is 2.34. The summed E-state index contributed by atoms with van der Waals surface area (Å²) in [6.45, 7) is 9.45. The van der Waals surface area contributed by atoms with Crippen LogP contribution in [0.5, 0.6) is 0 Å². The van der Waals surface area contributed by atoms with Crippen LogP contribution in [0.3, 0.4) is 0 Å². The maximum absolute atomic E-state index is 11.6. The molecule has 0 aliphatic heterocycles. The van der Waals surface area contributed by atoms with Crippen molar-refractivity contribution >= 4 is 19.8 Å². The molecule has 0 saturated heterocycles. The van der Waals surface area contributed by atoms with E-state index in [0.717, 1.165) is 44.9 Å². The molecule has 0 aromatic heterocycles. The lowest BCUT2D eigenvalue weighted by Crippen LogP contribution is -2.31. The highest BCUT2D eigenvalue weighted by molar-refractivity contribution is 6.81.